The number of hydrogen-bond acceptors (Lipinski definition) is 7. The lowest BCUT2D eigenvalue weighted by Crippen LogP contribution is -2.37. The Morgan fingerprint density at radius 1 is 0.938 bits per heavy atom. The van der Waals surface area contributed by atoms with E-state index >= 15 is 0 Å². The highest BCUT2D eigenvalue weighted by Crippen LogP contribution is 2.24. The Hall–Kier alpha value is -3.26. The van der Waals surface area contributed by atoms with Gasteiger partial charge in [0.05, 0.1) is 34.4 Å². The third-order valence-corrected chi connectivity index (χ3v) is 5.39. The summed E-state index contributed by atoms with van der Waals surface area (Å²) in [5.41, 5.74) is 2.74. The highest BCUT2D eigenvalue weighted by atomic mass is 16.5. The Kier molecular flexibility index (Phi) is 8.33. The van der Waals surface area contributed by atoms with Gasteiger partial charge in [0, 0.05) is 37.1 Å². The molecule has 1 saturated heterocycles. The molecule has 8 heteroatoms. The van der Waals surface area contributed by atoms with Crippen molar-refractivity contribution in [1.82, 2.24) is 4.90 Å². The molecular formula is C24H31N3O5. The van der Waals surface area contributed by atoms with Crippen molar-refractivity contribution < 1.29 is 23.8 Å². The first-order chi connectivity index (χ1) is 15.5. The smallest absolute Gasteiger partial charge is 0.319 e. The normalized spacial score (nSPS) is 13.2. The molecule has 172 valence electrons. The lowest BCUT2D eigenvalue weighted by Gasteiger charge is -2.21. The minimum atomic E-state index is -0.414. The number of methoxy groups -OCH3 is 3. The number of nitrogens with one attached hydrogen (secondary N) is 1. The van der Waals surface area contributed by atoms with Crippen molar-refractivity contribution in [3.63, 3.8) is 0 Å². The van der Waals surface area contributed by atoms with E-state index in [2.05, 4.69) is 10.2 Å². The van der Waals surface area contributed by atoms with Crippen LogP contribution in [0.15, 0.2) is 42.5 Å². The highest BCUT2D eigenvalue weighted by Gasteiger charge is 2.17. The summed E-state index contributed by atoms with van der Waals surface area (Å²) in [5.74, 6) is 0.653. The largest absolute Gasteiger partial charge is 0.497 e. The Balaban J connectivity index is 1.65. The third-order valence-electron chi connectivity index (χ3n) is 5.39. The molecule has 1 fully saturated rings. The highest BCUT2D eigenvalue weighted by molar-refractivity contribution is 5.92. The van der Waals surface area contributed by atoms with Crippen molar-refractivity contribution in [3.05, 3.63) is 48.0 Å². The van der Waals surface area contributed by atoms with E-state index in [0.29, 0.717) is 18.0 Å². The first-order valence-corrected chi connectivity index (χ1v) is 10.7. The molecule has 8 nitrogen and oxygen atoms in total. The molecule has 0 radical (unpaired) electrons. The number of carbonyl (C=O) groups is 2. The number of benzene rings is 2. The van der Waals surface area contributed by atoms with Gasteiger partial charge in [-0.2, -0.15) is 0 Å². The maximum Gasteiger partial charge on any atom is 0.319 e. The van der Waals surface area contributed by atoms with Crippen LogP contribution in [0.5, 0.6) is 11.5 Å². The van der Waals surface area contributed by atoms with Crippen LogP contribution in [0.4, 0.5) is 11.4 Å². The number of esters is 1. The molecule has 1 N–H and O–H groups in total. The summed E-state index contributed by atoms with van der Waals surface area (Å²) in [6.07, 6.45) is 2.43. The predicted molar refractivity (Wildman–Crippen MR) is 123 cm³/mol. The molecule has 0 aliphatic carbocycles. The molecule has 2 aromatic rings. The van der Waals surface area contributed by atoms with Crippen LogP contribution in [0.1, 0.15) is 18.4 Å². The van der Waals surface area contributed by atoms with Crippen LogP contribution in [0.3, 0.4) is 0 Å². The molecule has 1 heterocycles. The van der Waals surface area contributed by atoms with E-state index < -0.39 is 5.97 Å². The molecule has 1 aliphatic heterocycles. The monoisotopic (exact) mass is 441 g/mol. The van der Waals surface area contributed by atoms with Crippen LogP contribution >= 0.6 is 0 Å². The Labute approximate surface area is 189 Å². The first-order valence-electron chi connectivity index (χ1n) is 10.7. The van der Waals surface area contributed by atoms with Gasteiger partial charge in [-0.1, -0.05) is 0 Å². The lowest BCUT2D eigenvalue weighted by molar-refractivity contribution is -0.142. The average Bonchev–Trinajstić information content (AvgIpc) is 3.34. The van der Waals surface area contributed by atoms with Crippen LogP contribution in [-0.4, -0.2) is 64.3 Å². The second-order valence-electron chi connectivity index (χ2n) is 7.73. The molecule has 0 unspecified atom stereocenters. The number of ether oxygens (including phenoxy) is 3. The van der Waals surface area contributed by atoms with Crippen molar-refractivity contribution in [2.75, 3.05) is 57.7 Å². The van der Waals surface area contributed by atoms with Gasteiger partial charge in [-0.3, -0.25) is 14.5 Å². The minimum Gasteiger partial charge on any atom is -0.497 e. The average molecular weight is 442 g/mol. The maximum absolute atomic E-state index is 12.7. The zero-order chi connectivity index (χ0) is 22.9. The Morgan fingerprint density at radius 3 is 2.12 bits per heavy atom. The van der Waals surface area contributed by atoms with Crippen molar-refractivity contribution in [3.8, 4) is 11.5 Å². The molecule has 32 heavy (non-hydrogen) atoms. The fraction of sp³-hybridized carbons (Fsp3) is 0.417. The molecule has 0 spiro atoms. The standard InChI is InChI=1S/C24H31N3O5/c1-30-21-12-18(13-22(14-21)31-2)15-26(17-24(29)32-3)16-23(28)25-19-6-8-20(9-7-19)27-10-4-5-11-27/h6-9,12-14H,4-5,10-11,15-17H2,1-3H3,(H,25,28). The van der Waals surface area contributed by atoms with E-state index in [1.165, 1.54) is 25.6 Å². The number of nitrogens with zero attached hydrogens (tertiary/aromatic N) is 2. The van der Waals surface area contributed by atoms with Gasteiger partial charge in [-0.05, 0) is 54.8 Å². The van der Waals surface area contributed by atoms with Crippen LogP contribution in [0.2, 0.25) is 0 Å². The number of hydrogen-bond donors (Lipinski definition) is 1. The molecule has 0 bridgehead atoms. The van der Waals surface area contributed by atoms with Gasteiger partial charge >= 0.3 is 5.97 Å². The molecule has 0 saturated carbocycles. The SMILES string of the molecule is COC(=O)CN(CC(=O)Nc1ccc(N2CCCC2)cc1)Cc1cc(OC)cc(OC)c1. The van der Waals surface area contributed by atoms with Gasteiger partial charge < -0.3 is 24.4 Å². The van der Waals surface area contributed by atoms with E-state index in [1.54, 1.807) is 25.2 Å². The summed E-state index contributed by atoms with van der Waals surface area (Å²) in [4.78, 5) is 28.7. The summed E-state index contributed by atoms with van der Waals surface area (Å²) in [5, 5.41) is 2.91. The fourth-order valence-electron chi connectivity index (χ4n) is 3.77. The van der Waals surface area contributed by atoms with Gasteiger partial charge in [0.2, 0.25) is 5.91 Å². The van der Waals surface area contributed by atoms with E-state index in [1.807, 2.05) is 36.4 Å². The molecule has 1 aliphatic rings. The number of carbonyl (C=O) groups excluding carboxylic acids is 2. The van der Waals surface area contributed by atoms with Crippen molar-refractivity contribution >= 4 is 23.3 Å². The lowest BCUT2D eigenvalue weighted by atomic mass is 10.2. The van der Waals surface area contributed by atoms with Gasteiger partial charge in [0.25, 0.3) is 0 Å². The van der Waals surface area contributed by atoms with E-state index in [9.17, 15) is 9.59 Å². The number of rotatable bonds is 10. The Bertz CT molecular complexity index is 888. The van der Waals surface area contributed by atoms with Gasteiger partial charge in [-0.25, -0.2) is 0 Å². The summed E-state index contributed by atoms with van der Waals surface area (Å²) < 4.78 is 15.4. The van der Waals surface area contributed by atoms with E-state index in [4.69, 9.17) is 14.2 Å². The second-order valence-corrected chi connectivity index (χ2v) is 7.73. The summed E-state index contributed by atoms with van der Waals surface area (Å²) in [6.45, 7) is 2.51. The van der Waals surface area contributed by atoms with Crippen molar-refractivity contribution in [1.29, 1.82) is 0 Å². The predicted octanol–water partition coefficient (Wildman–Crippen LogP) is 2.92. The number of amides is 1. The van der Waals surface area contributed by atoms with Gasteiger partial charge in [-0.15, -0.1) is 0 Å². The van der Waals surface area contributed by atoms with Crippen LogP contribution < -0.4 is 19.7 Å². The quantitative estimate of drug-likeness (QED) is 0.568. The first kappa shape index (κ1) is 23.4. The fourth-order valence-corrected chi connectivity index (χ4v) is 3.77. The third kappa shape index (κ3) is 6.62. The van der Waals surface area contributed by atoms with Gasteiger partial charge in [0.1, 0.15) is 11.5 Å². The van der Waals surface area contributed by atoms with Crippen LogP contribution in [-0.2, 0) is 20.9 Å². The van der Waals surface area contributed by atoms with Crippen LogP contribution in [0, 0.1) is 0 Å². The maximum atomic E-state index is 12.7. The van der Waals surface area contributed by atoms with E-state index in [-0.39, 0.29) is 19.0 Å². The van der Waals surface area contributed by atoms with Gasteiger partial charge in [0.15, 0.2) is 0 Å². The molecule has 1 amide bonds. The molecule has 0 atom stereocenters. The summed E-state index contributed by atoms with van der Waals surface area (Å²) >= 11 is 0. The molecule has 3 rings (SSSR count). The number of anilines is 2. The van der Waals surface area contributed by atoms with Crippen LogP contribution in [0.25, 0.3) is 0 Å². The zero-order valence-corrected chi connectivity index (χ0v) is 18.9. The van der Waals surface area contributed by atoms with E-state index in [0.717, 1.165) is 24.3 Å². The second kappa shape index (κ2) is 11.4. The Morgan fingerprint density at radius 2 is 1.56 bits per heavy atom. The zero-order valence-electron chi connectivity index (χ0n) is 18.9. The summed E-state index contributed by atoms with van der Waals surface area (Å²) in [7, 11) is 4.48. The minimum absolute atomic E-state index is 0.0165. The molecule has 0 aromatic heterocycles. The summed E-state index contributed by atoms with van der Waals surface area (Å²) in [6, 6.07) is 13.3. The van der Waals surface area contributed by atoms with Crippen molar-refractivity contribution in [2.45, 2.75) is 19.4 Å². The van der Waals surface area contributed by atoms with Crippen molar-refractivity contribution in [2.24, 2.45) is 0 Å². The topological polar surface area (TPSA) is 80.3 Å². The molecule has 2 aromatic carbocycles. The molecular weight excluding hydrogens is 410 g/mol.